The highest BCUT2D eigenvalue weighted by Gasteiger charge is 2.36. The van der Waals surface area contributed by atoms with Gasteiger partial charge in [-0.25, -0.2) is 18.7 Å². The van der Waals surface area contributed by atoms with Crippen molar-refractivity contribution < 1.29 is 13.6 Å². The molecule has 2 rings (SSSR count). The van der Waals surface area contributed by atoms with Gasteiger partial charge >= 0.3 is 0 Å². The van der Waals surface area contributed by atoms with Gasteiger partial charge in [0.1, 0.15) is 5.15 Å². The summed E-state index contributed by atoms with van der Waals surface area (Å²) in [7, 11) is 0. The van der Waals surface area contributed by atoms with E-state index in [1.54, 1.807) is 0 Å². The van der Waals surface area contributed by atoms with Crippen LogP contribution in [0, 0.1) is 0 Å². The fourth-order valence-corrected chi connectivity index (χ4v) is 2.08. The van der Waals surface area contributed by atoms with Crippen LogP contribution in [-0.2, 0) is 0 Å². The Labute approximate surface area is 112 Å². The highest BCUT2D eigenvalue weighted by molar-refractivity contribution is 6.34. The molecular weight excluding hydrogens is 287 g/mol. The fraction of sp³-hybridized carbons (Fsp3) is 0.500. The third-order valence-corrected chi connectivity index (χ3v) is 3.20. The highest BCUT2D eigenvalue weighted by Crippen LogP contribution is 2.29. The molecule has 0 atom stereocenters. The number of hydrogen-bond donors (Lipinski definition) is 0. The smallest absolute Gasteiger partial charge is 0.258 e. The van der Waals surface area contributed by atoms with Crippen LogP contribution in [0.15, 0.2) is 6.20 Å². The lowest BCUT2D eigenvalue weighted by Crippen LogP contribution is -2.42. The second-order valence-electron chi connectivity index (χ2n) is 3.99. The van der Waals surface area contributed by atoms with Gasteiger partial charge in [0.25, 0.3) is 11.8 Å². The van der Waals surface area contributed by atoms with Gasteiger partial charge in [-0.15, -0.1) is 0 Å². The summed E-state index contributed by atoms with van der Waals surface area (Å²) < 4.78 is 25.9. The number of alkyl halides is 2. The van der Waals surface area contributed by atoms with Crippen LogP contribution in [0.5, 0.6) is 0 Å². The van der Waals surface area contributed by atoms with Crippen LogP contribution >= 0.6 is 23.2 Å². The van der Waals surface area contributed by atoms with Gasteiger partial charge < -0.3 is 4.90 Å². The maximum atomic E-state index is 13.0. The zero-order valence-electron chi connectivity index (χ0n) is 9.17. The van der Waals surface area contributed by atoms with Crippen molar-refractivity contribution >= 4 is 29.1 Å². The van der Waals surface area contributed by atoms with Crippen molar-refractivity contribution in [3.05, 3.63) is 22.2 Å². The minimum atomic E-state index is -2.70. The van der Waals surface area contributed by atoms with Gasteiger partial charge in [0.2, 0.25) is 5.28 Å². The summed E-state index contributed by atoms with van der Waals surface area (Å²) in [6, 6.07) is 0. The van der Waals surface area contributed by atoms with Crippen LogP contribution < -0.4 is 0 Å². The highest BCUT2D eigenvalue weighted by atomic mass is 35.5. The van der Waals surface area contributed by atoms with Crippen LogP contribution in [0.2, 0.25) is 10.4 Å². The lowest BCUT2D eigenvalue weighted by Gasteiger charge is -2.31. The van der Waals surface area contributed by atoms with E-state index in [1.165, 1.54) is 11.1 Å². The van der Waals surface area contributed by atoms with E-state index in [-0.39, 0.29) is 41.9 Å². The van der Waals surface area contributed by atoms with Crippen molar-refractivity contribution in [3.63, 3.8) is 0 Å². The molecule has 2 heterocycles. The molecule has 4 nitrogen and oxygen atoms in total. The summed E-state index contributed by atoms with van der Waals surface area (Å²) in [5.74, 6) is -3.15. The largest absolute Gasteiger partial charge is 0.338 e. The Hall–Kier alpha value is -1.01. The molecule has 1 amide bonds. The fourth-order valence-electron chi connectivity index (χ4n) is 1.69. The molecule has 0 aromatic carbocycles. The molecule has 1 fully saturated rings. The average Bonchev–Trinajstić information content (AvgIpc) is 2.28. The minimum absolute atomic E-state index is 0.00914. The number of amides is 1. The quantitative estimate of drug-likeness (QED) is 0.591. The first kappa shape index (κ1) is 13.4. The Morgan fingerprint density at radius 1 is 1.33 bits per heavy atom. The molecule has 1 aromatic heterocycles. The Morgan fingerprint density at radius 2 is 1.94 bits per heavy atom. The van der Waals surface area contributed by atoms with E-state index in [9.17, 15) is 13.6 Å². The second-order valence-corrected chi connectivity index (χ2v) is 4.69. The van der Waals surface area contributed by atoms with Gasteiger partial charge in [-0.3, -0.25) is 4.79 Å². The topological polar surface area (TPSA) is 46.1 Å². The van der Waals surface area contributed by atoms with Crippen molar-refractivity contribution in [3.8, 4) is 0 Å². The molecule has 1 saturated heterocycles. The van der Waals surface area contributed by atoms with Gasteiger partial charge in [-0.1, -0.05) is 11.6 Å². The van der Waals surface area contributed by atoms with Crippen LogP contribution in [0.3, 0.4) is 0 Å². The molecule has 98 valence electrons. The number of nitrogens with zero attached hydrogens (tertiary/aromatic N) is 3. The first-order valence-electron chi connectivity index (χ1n) is 5.24. The molecule has 0 N–H and O–H groups in total. The molecule has 0 aliphatic carbocycles. The van der Waals surface area contributed by atoms with E-state index in [0.717, 1.165) is 0 Å². The van der Waals surface area contributed by atoms with Crippen molar-refractivity contribution in [2.24, 2.45) is 0 Å². The maximum Gasteiger partial charge on any atom is 0.258 e. The summed E-state index contributed by atoms with van der Waals surface area (Å²) in [6.45, 7) is -0.0183. The standard InChI is InChI=1S/C10H9Cl2F2N3O/c11-7-6(5-15-9(12)16-7)8(18)17-3-1-10(13,14)2-4-17/h5H,1-4H2. The van der Waals surface area contributed by atoms with E-state index in [1.807, 2.05) is 0 Å². The Bertz CT molecular complexity index is 474. The van der Waals surface area contributed by atoms with Gasteiger partial charge in [0, 0.05) is 32.1 Å². The number of hydrogen-bond acceptors (Lipinski definition) is 3. The molecule has 8 heteroatoms. The van der Waals surface area contributed by atoms with Crippen LogP contribution in [-0.4, -0.2) is 39.8 Å². The predicted molar refractivity (Wildman–Crippen MR) is 62.1 cm³/mol. The predicted octanol–water partition coefficient (Wildman–Crippen LogP) is 2.65. The maximum absolute atomic E-state index is 13.0. The molecule has 1 aromatic rings. The summed E-state index contributed by atoms with van der Waals surface area (Å²) in [5.41, 5.74) is 0.0753. The van der Waals surface area contributed by atoms with Crippen molar-refractivity contribution in [2.45, 2.75) is 18.8 Å². The van der Waals surface area contributed by atoms with Crippen LogP contribution in [0.4, 0.5) is 8.78 Å². The SMILES string of the molecule is O=C(c1cnc(Cl)nc1Cl)N1CCC(F)(F)CC1. The Balaban J connectivity index is 2.13. The third-order valence-electron chi connectivity index (χ3n) is 2.73. The molecule has 0 radical (unpaired) electrons. The summed E-state index contributed by atoms with van der Waals surface area (Å²) in [5, 5.41) is -0.140. The van der Waals surface area contributed by atoms with E-state index < -0.39 is 11.8 Å². The summed E-state index contributed by atoms with van der Waals surface area (Å²) in [4.78, 5) is 20.6. The number of halogens is 4. The average molecular weight is 296 g/mol. The molecule has 0 saturated carbocycles. The van der Waals surface area contributed by atoms with Crippen molar-refractivity contribution in [1.29, 1.82) is 0 Å². The lowest BCUT2D eigenvalue weighted by atomic mass is 10.1. The number of aromatic nitrogens is 2. The number of carbonyl (C=O) groups is 1. The summed E-state index contributed by atoms with van der Waals surface area (Å²) >= 11 is 11.3. The zero-order chi connectivity index (χ0) is 13.3. The van der Waals surface area contributed by atoms with Crippen molar-refractivity contribution in [2.75, 3.05) is 13.1 Å². The normalized spacial score (nSPS) is 18.8. The molecule has 1 aliphatic heterocycles. The van der Waals surface area contributed by atoms with Gasteiger partial charge in [0.15, 0.2) is 0 Å². The van der Waals surface area contributed by atoms with E-state index in [2.05, 4.69) is 9.97 Å². The number of carbonyl (C=O) groups excluding carboxylic acids is 1. The van der Waals surface area contributed by atoms with Gasteiger partial charge in [-0.2, -0.15) is 0 Å². The van der Waals surface area contributed by atoms with Gasteiger partial charge in [-0.05, 0) is 11.6 Å². The van der Waals surface area contributed by atoms with Crippen LogP contribution in [0.25, 0.3) is 0 Å². The summed E-state index contributed by atoms with van der Waals surface area (Å²) in [6.07, 6.45) is 0.516. The Kier molecular flexibility index (Phi) is 3.68. The molecular formula is C10H9Cl2F2N3O. The second kappa shape index (κ2) is 4.93. The van der Waals surface area contributed by atoms with E-state index in [0.29, 0.717) is 0 Å². The Morgan fingerprint density at radius 3 is 2.50 bits per heavy atom. The molecule has 0 unspecified atom stereocenters. The number of rotatable bonds is 1. The first-order chi connectivity index (χ1) is 8.39. The van der Waals surface area contributed by atoms with Crippen molar-refractivity contribution in [1.82, 2.24) is 14.9 Å². The minimum Gasteiger partial charge on any atom is -0.338 e. The first-order valence-corrected chi connectivity index (χ1v) is 6.00. The lowest BCUT2D eigenvalue weighted by molar-refractivity contribution is -0.0494. The number of likely N-dealkylation sites (tertiary alicyclic amines) is 1. The van der Waals surface area contributed by atoms with Crippen LogP contribution in [0.1, 0.15) is 23.2 Å². The number of piperidine rings is 1. The molecule has 1 aliphatic rings. The monoisotopic (exact) mass is 295 g/mol. The third kappa shape index (κ3) is 2.87. The molecule has 18 heavy (non-hydrogen) atoms. The van der Waals surface area contributed by atoms with E-state index >= 15 is 0 Å². The van der Waals surface area contributed by atoms with Gasteiger partial charge in [0.05, 0.1) is 5.56 Å². The molecule has 0 spiro atoms. The zero-order valence-corrected chi connectivity index (χ0v) is 10.7. The van der Waals surface area contributed by atoms with E-state index in [4.69, 9.17) is 23.2 Å². The molecule has 0 bridgehead atoms.